The molecule has 0 fully saturated rings. The number of hydrogen-bond donors (Lipinski definition) is 2. The van der Waals surface area contributed by atoms with Crippen molar-refractivity contribution in [3.05, 3.63) is 107 Å². The van der Waals surface area contributed by atoms with Crippen molar-refractivity contribution in [2.45, 2.75) is 12.6 Å². The van der Waals surface area contributed by atoms with E-state index in [0.29, 0.717) is 16.7 Å². The van der Waals surface area contributed by atoms with Gasteiger partial charge in [-0.25, -0.2) is 9.97 Å². The highest BCUT2D eigenvalue weighted by atomic mass is 16.2. The SMILES string of the molecule is O=C(Cn1cnc2ccccc2c1=O)N[C@@H](c1ccccc1)c1nc2ccccc2[nH]1. The van der Waals surface area contributed by atoms with Gasteiger partial charge in [-0.1, -0.05) is 54.6 Å². The Balaban J connectivity index is 1.46. The van der Waals surface area contributed by atoms with Crippen LogP contribution >= 0.6 is 0 Å². The summed E-state index contributed by atoms with van der Waals surface area (Å²) in [5.74, 6) is 0.318. The monoisotopic (exact) mass is 409 g/mol. The van der Waals surface area contributed by atoms with Crippen LogP contribution in [0.5, 0.6) is 0 Å². The summed E-state index contributed by atoms with van der Waals surface area (Å²) in [5.41, 5.74) is 2.96. The summed E-state index contributed by atoms with van der Waals surface area (Å²) in [4.78, 5) is 37.9. The molecule has 1 atom stereocenters. The lowest BCUT2D eigenvalue weighted by atomic mass is 10.1. The molecule has 1 amide bonds. The molecule has 2 aromatic heterocycles. The quantitative estimate of drug-likeness (QED) is 0.466. The number of nitrogens with zero attached hydrogens (tertiary/aromatic N) is 3. The molecule has 0 spiro atoms. The standard InChI is InChI=1S/C24H19N5O2/c30-21(14-29-15-25-18-11-5-4-10-17(18)24(29)31)28-22(16-8-2-1-3-9-16)23-26-19-12-6-7-13-20(19)27-23/h1-13,15,22H,14H2,(H,26,27)(H,28,30)/t22-/m0/s1. The summed E-state index contributed by atoms with van der Waals surface area (Å²) in [5, 5.41) is 3.50. The molecule has 152 valence electrons. The van der Waals surface area contributed by atoms with Gasteiger partial charge in [0.1, 0.15) is 18.4 Å². The molecule has 31 heavy (non-hydrogen) atoms. The number of fused-ring (bicyclic) bond motifs is 2. The molecular formula is C24H19N5O2. The van der Waals surface area contributed by atoms with Crippen LogP contribution in [0.4, 0.5) is 0 Å². The first-order chi connectivity index (χ1) is 15.2. The molecule has 0 bridgehead atoms. The van der Waals surface area contributed by atoms with Crippen molar-refractivity contribution in [3.8, 4) is 0 Å². The number of aromatic nitrogens is 4. The van der Waals surface area contributed by atoms with E-state index in [1.807, 2.05) is 60.7 Å². The van der Waals surface area contributed by atoms with Crippen LogP contribution in [0, 0.1) is 0 Å². The first kappa shape index (κ1) is 18.7. The highest BCUT2D eigenvalue weighted by molar-refractivity contribution is 5.80. The second-order valence-electron chi connectivity index (χ2n) is 7.25. The highest BCUT2D eigenvalue weighted by Crippen LogP contribution is 2.22. The van der Waals surface area contributed by atoms with Crippen LogP contribution in [0.2, 0.25) is 0 Å². The van der Waals surface area contributed by atoms with E-state index in [0.717, 1.165) is 16.6 Å². The van der Waals surface area contributed by atoms with Gasteiger partial charge in [-0.05, 0) is 29.8 Å². The summed E-state index contributed by atoms with van der Waals surface area (Å²) < 4.78 is 1.32. The molecule has 0 unspecified atom stereocenters. The first-order valence-corrected chi connectivity index (χ1v) is 9.92. The van der Waals surface area contributed by atoms with Crippen molar-refractivity contribution < 1.29 is 4.79 Å². The maximum atomic E-state index is 12.9. The number of amides is 1. The fourth-order valence-corrected chi connectivity index (χ4v) is 3.64. The lowest BCUT2D eigenvalue weighted by molar-refractivity contribution is -0.122. The topological polar surface area (TPSA) is 92.7 Å². The number of imidazole rings is 1. The minimum absolute atomic E-state index is 0.139. The average Bonchev–Trinajstić information content (AvgIpc) is 3.24. The fraction of sp³-hybridized carbons (Fsp3) is 0.0833. The van der Waals surface area contributed by atoms with Gasteiger partial charge < -0.3 is 10.3 Å². The third-order valence-corrected chi connectivity index (χ3v) is 5.16. The van der Waals surface area contributed by atoms with Gasteiger partial charge in [-0.2, -0.15) is 0 Å². The van der Waals surface area contributed by atoms with E-state index >= 15 is 0 Å². The zero-order valence-corrected chi connectivity index (χ0v) is 16.5. The largest absolute Gasteiger partial charge is 0.341 e. The van der Waals surface area contributed by atoms with Crippen LogP contribution in [0.25, 0.3) is 21.9 Å². The lowest BCUT2D eigenvalue weighted by Gasteiger charge is -2.17. The Hall–Kier alpha value is -4.26. The number of rotatable bonds is 5. The van der Waals surface area contributed by atoms with Crippen molar-refractivity contribution in [3.63, 3.8) is 0 Å². The zero-order valence-electron chi connectivity index (χ0n) is 16.5. The molecule has 3 aromatic carbocycles. The van der Waals surface area contributed by atoms with E-state index in [9.17, 15) is 9.59 Å². The zero-order chi connectivity index (χ0) is 21.2. The van der Waals surface area contributed by atoms with Crippen molar-refractivity contribution in [1.29, 1.82) is 0 Å². The molecule has 0 saturated heterocycles. The van der Waals surface area contributed by atoms with E-state index in [1.165, 1.54) is 10.9 Å². The average molecular weight is 409 g/mol. The predicted octanol–water partition coefficient (Wildman–Crippen LogP) is 3.18. The number of nitrogens with one attached hydrogen (secondary N) is 2. The fourth-order valence-electron chi connectivity index (χ4n) is 3.64. The number of carbonyl (C=O) groups is 1. The number of benzene rings is 3. The Morgan fingerprint density at radius 3 is 2.45 bits per heavy atom. The molecule has 0 aliphatic rings. The van der Waals surface area contributed by atoms with Gasteiger partial charge in [0.25, 0.3) is 5.56 Å². The lowest BCUT2D eigenvalue weighted by Crippen LogP contribution is -2.35. The van der Waals surface area contributed by atoms with Gasteiger partial charge in [-0.3, -0.25) is 14.2 Å². The maximum absolute atomic E-state index is 12.9. The van der Waals surface area contributed by atoms with Gasteiger partial charge in [0.05, 0.1) is 28.3 Å². The third kappa shape index (κ3) is 3.69. The van der Waals surface area contributed by atoms with Gasteiger partial charge in [0.2, 0.25) is 5.91 Å². The number of aromatic amines is 1. The van der Waals surface area contributed by atoms with Crippen molar-refractivity contribution in [1.82, 2.24) is 24.8 Å². The van der Waals surface area contributed by atoms with Crippen LogP contribution in [0.1, 0.15) is 17.4 Å². The summed E-state index contributed by atoms with van der Waals surface area (Å²) in [6.45, 7) is -0.139. The van der Waals surface area contributed by atoms with Crippen LogP contribution < -0.4 is 10.9 Å². The summed E-state index contributed by atoms with van der Waals surface area (Å²) in [7, 11) is 0. The van der Waals surface area contributed by atoms with Gasteiger partial charge in [-0.15, -0.1) is 0 Å². The second kappa shape index (κ2) is 7.87. The molecule has 0 aliphatic heterocycles. The number of para-hydroxylation sites is 3. The second-order valence-corrected chi connectivity index (χ2v) is 7.25. The molecule has 5 rings (SSSR count). The van der Waals surface area contributed by atoms with Crippen LogP contribution in [0.3, 0.4) is 0 Å². The minimum atomic E-state index is -0.481. The van der Waals surface area contributed by atoms with E-state index in [4.69, 9.17) is 0 Å². The molecule has 7 nitrogen and oxygen atoms in total. The Bertz CT molecular complexity index is 1410. The van der Waals surface area contributed by atoms with Gasteiger partial charge in [0, 0.05) is 0 Å². The molecule has 2 N–H and O–H groups in total. The van der Waals surface area contributed by atoms with E-state index in [2.05, 4.69) is 20.3 Å². The molecule has 5 aromatic rings. The Kier molecular flexibility index (Phi) is 4.76. The smallest absolute Gasteiger partial charge is 0.261 e. The Morgan fingerprint density at radius 1 is 0.935 bits per heavy atom. The predicted molar refractivity (Wildman–Crippen MR) is 119 cm³/mol. The van der Waals surface area contributed by atoms with Crippen molar-refractivity contribution >= 4 is 27.8 Å². The molecule has 0 aliphatic carbocycles. The van der Waals surface area contributed by atoms with Crippen LogP contribution in [-0.4, -0.2) is 25.4 Å². The number of hydrogen-bond acceptors (Lipinski definition) is 4. The van der Waals surface area contributed by atoms with Crippen LogP contribution in [0.15, 0.2) is 90.0 Å². The van der Waals surface area contributed by atoms with E-state index < -0.39 is 6.04 Å². The summed E-state index contributed by atoms with van der Waals surface area (Å²) in [6.07, 6.45) is 1.41. The maximum Gasteiger partial charge on any atom is 0.261 e. The highest BCUT2D eigenvalue weighted by Gasteiger charge is 2.21. The van der Waals surface area contributed by atoms with Gasteiger partial charge >= 0.3 is 0 Å². The third-order valence-electron chi connectivity index (χ3n) is 5.16. The number of H-pyrrole nitrogens is 1. The normalized spacial score (nSPS) is 12.1. The summed E-state index contributed by atoms with van der Waals surface area (Å²) in [6, 6.07) is 23.9. The Labute approximate surface area is 177 Å². The van der Waals surface area contributed by atoms with E-state index in [1.54, 1.807) is 18.2 Å². The molecule has 0 saturated carbocycles. The van der Waals surface area contributed by atoms with Gasteiger partial charge in [0.15, 0.2) is 0 Å². The molecule has 7 heteroatoms. The summed E-state index contributed by atoms with van der Waals surface area (Å²) >= 11 is 0. The number of carbonyl (C=O) groups excluding carboxylic acids is 1. The van der Waals surface area contributed by atoms with Crippen molar-refractivity contribution in [2.75, 3.05) is 0 Å². The molecule has 2 heterocycles. The van der Waals surface area contributed by atoms with Crippen LogP contribution in [-0.2, 0) is 11.3 Å². The Morgan fingerprint density at radius 2 is 1.65 bits per heavy atom. The first-order valence-electron chi connectivity index (χ1n) is 9.92. The minimum Gasteiger partial charge on any atom is -0.341 e. The van der Waals surface area contributed by atoms with Crippen molar-refractivity contribution in [2.24, 2.45) is 0 Å². The molecule has 0 radical (unpaired) electrons. The van der Waals surface area contributed by atoms with E-state index in [-0.39, 0.29) is 18.0 Å². The molecular weight excluding hydrogens is 390 g/mol.